The molecule has 4 aliphatic rings. The van der Waals surface area contributed by atoms with Gasteiger partial charge in [-0.3, -0.25) is 14.4 Å². The molecule has 0 aromatic rings. The number of hydrogen-bond donors (Lipinski definition) is 0. The van der Waals surface area contributed by atoms with Crippen LogP contribution in [0.5, 0.6) is 0 Å². The average molecular weight is 469 g/mol. The minimum Gasteiger partial charge on any atom is -0.469 e. The predicted octanol–water partition coefficient (Wildman–Crippen LogP) is 6.49. The van der Waals surface area contributed by atoms with E-state index < -0.39 is 0 Å². The van der Waals surface area contributed by atoms with Gasteiger partial charge in [-0.25, -0.2) is 0 Å². The Morgan fingerprint density at radius 3 is 2.53 bits per heavy atom. The third kappa shape index (κ3) is 3.84. The molecule has 0 aromatic heterocycles. The van der Waals surface area contributed by atoms with Crippen LogP contribution in [-0.4, -0.2) is 24.6 Å². The van der Waals surface area contributed by atoms with Gasteiger partial charge in [0.1, 0.15) is 5.78 Å². The van der Waals surface area contributed by atoms with Crippen molar-refractivity contribution in [2.75, 3.05) is 7.11 Å². The zero-order valence-corrected chi connectivity index (χ0v) is 22.2. The summed E-state index contributed by atoms with van der Waals surface area (Å²) in [6, 6.07) is 0. The van der Waals surface area contributed by atoms with Crippen LogP contribution in [0.15, 0.2) is 23.3 Å². The van der Waals surface area contributed by atoms with Gasteiger partial charge in [0.15, 0.2) is 5.78 Å². The van der Waals surface area contributed by atoms with E-state index in [9.17, 15) is 14.4 Å². The number of hydrogen-bond acceptors (Lipinski definition) is 4. The highest BCUT2D eigenvalue weighted by Gasteiger charge is 2.59. The fourth-order valence-electron chi connectivity index (χ4n) is 8.73. The summed E-state index contributed by atoms with van der Waals surface area (Å²) >= 11 is 0. The number of Topliss-reactive ketones (excluding diaryl/α,β-unsaturated/α-hetero) is 2. The smallest absolute Gasteiger partial charge is 0.312 e. The van der Waals surface area contributed by atoms with Crippen LogP contribution in [0.4, 0.5) is 0 Å². The Kier molecular flexibility index (Phi) is 6.76. The summed E-state index contributed by atoms with van der Waals surface area (Å²) in [7, 11) is 1.43. The van der Waals surface area contributed by atoms with E-state index in [1.165, 1.54) is 25.5 Å². The van der Waals surface area contributed by atoms with Crippen molar-refractivity contribution >= 4 is 17.5 Å². The summed E-state index contributed by atoms with van der Waals surface area (Å²) in [6.07, 6.45) is 8.31. The monoisotopic (exact) mass is 468 g/mol. The van der Waals surface area contributed by atoms with E-state index in [0.717, 1.165) is 43.3 Å². The molecule has 188 valence electrons. The Balaban J connectivity index is 1.54. The fraction of sp³-hybridized carbons (Fsp3) is 0.767. The van der Waals surface area contributed by atoms with Gasteiger partial charge in [0.2, 0.25) is 0 Å². The largest absolute Gasteiger partial charge is 0.469 e. The predicted molar refractivity (Wildman–Crippen MR) is 134 cm³/mol. The van der Waals surface area contributed by atoms with Gasteiger partial charge in [-0.15, -0.1) is 0 Å². The van der Waals surface area contributed by atoms with Gasteiger partial charge >= 0.3 is 5.97 Å². The van der Waals surface area contributed by atoms with Crippen molar-refractivity contribution in [1.29, 1.82) is 0 Å². The standard InChI is InChI=1S/C30H44O4/c1-17(19(3)28(33)34-7)8-9-18(2)22-12-13-24-21-10-11-23-20(4)25(31)14-15-29(23,5)27(21)26(32)16-30(22,24)6/h18-20,22-24H,1,8-16H2,2-7H3/t18-,19?,20+,22-,23?,24+,29+,30-/m1/s1. The second kappa shape index (κ2) is 9.06. The van der Waals surface area contributed by atoms with Crippen molar-refractivity contribution in [1.82, 2.24) is 0 Å². The van der Waals surface area contributed by atoms with E-state index in [4.69, 9.17) is 4.74 Å². The average Bonchev–Trinajstić information content (AvgIpc) is 3.15. The summed E-state index contributed by atoms with van der Waals surface area (Å²) in [5.41, 5.74) is 3.43. The summed E-state index contributed by atoms with van der Waals surface area (Å²) in [4.78, 5) is 38.2. The highest BCUT2D eigenvalue weighted by Crippen LogP contribution is 2.65. The van der Waals surface area contributed by atoms with Crippen molar-refractivity contribution in [3.63, 3.8) is 0 Å². The van der Waals surface area contributed by atoms with Gasteiger partial charge in [0.25, 0.3) is 0 Å². The highest BCUT2D eigenvalue weighted by molar-refractivity contribution is 6.00. The molecule has 0 bridgehead atoms. The lowest BCUT2D eigenvalue weighted by Gasteiger charge is -2.54. The first-order chi connectivity index (χ1) is 16.0. The van der Waals surface area contributed by atoms with Crippen molar-refractivity contribution in [3.8, 4) is 0 Å². The Morgan fingerprint density at radius 1 is 1.15 bits per heavy atom. The molecule has 8 atom stereocenters. The maximum absolute atomic E-state index is 13.8. The molecule has 0 saturated heterocycles. The first-order valence-electron chi connectivity index (χ1n) is 13.5. The van der Waals surface area contributed by atoms with E-state index in [-0.39, 0.29) is 28.6 Å². The van der Waals surface area contributed by atoms with Gasteiger partial charge in [-0.05, 0) is 86.4 Å². The van der Waals surface area contributed by atoms with Crippen LogP contribution in [0.1, 0.15) is 92.4 Å². The highest BCUT2D eigenvalue weighted by atomic mass is 16.5. The molecule has 2 fully saturated rings. The molecule has 0 spiro atoms. The minimum absolute atomic E-state index is 0.0178. The molecular formula is C30H44O4. The molecule has 2 unspecified atom stereocenters. The number of carbonyl (C=O) groups is 3. The number of rotatable bonds is 6. The zero-order chi connectivity index (χ0) is 25.0. The van der Waals surface area contributed by atoms with Crippen molar-refractivity contribution < 1.29 is 19.1 Å². The maximum Gasteiger partial charge on any atom is 0.312 e. The molecule has 4 nitrogen and oxygen atoms in total. The Morgan fingerprint density at radius 2 is 1.85 bits per heavy atom. The summed E-state index contributed by atoms with van der Waals surface area (Å²) in [5.74, 6) is 2.14. The van der Waals surface area contributed by atoms with Crippen LogP contribution in [0.2, 0.25) is 0 Å². The SMILES string of the molecule is C=C(CC[C@@H](C)[C@H]1CC[C@H]2C3=C(C(=O)C[C@]12C)[C@@]1(C)CCC(=O)[C@@H](C)C1CC3)C(C)C(=O)OC. The Bertz CT molecular complexity index is 928. The third-order valence-corrected chi connectivity index (χ3v) is 10.9. The third-order valence-electron chi connectivity index (χ3n) is 10.9. The van der Waals surface area contributed by atoms with Crippen LogP contribution in [0.25, 0.3) is 0 Å². The van der Waals surface area contributed by atoms with Crippen LogP contribution in [0.3, 0.4) is 0 Å². The lowest BCUT2D eigenvalue weighted by Crippen LogP contribution is -2.50. The quantitative estimate of drug-likeness (QED) is 0.330. The maximum atomic E-state index is 13.8. The molecule has 0 aromatic carbocycles. The van der Waals surface area contributed by atoms with E-state index in [0.29, 0.717) is 48.1 Å². The molecule has 0 aliphatic heterocycles. The normalized spacial score (nSPS) is 39.1. The van der Waals surface area contributed by atoms with E-state index in [1.807, 2.05) is 6.92 Å². The van der Waals surface area contributed by atoms with Crippen LogP contribution in [0, 0.1) is 46.3 Å². The number of methoxy groups -OCH3 is 1. The number of esters is 1. The van der Waals surface area contributed by atoms with Crippen molar-refractivity contribution in [2.45, 2.75) is 92.4 Å². The molecule has 4 heteroatoms. The Hall–Kier alpha value is -1.71. The van der Waals surface area contributed by atoms with Gasteiger partial charge in [-0.1, -0.05) is 45.4 Å². The molecule has 2 saturated carbocycles. The molecule has 34 heavy (non-hydrogen) atoms. The van der Waals surface area contributed by atoms with Crippen molar-refractivity contribution in [2.24, 2.45) is 46.3 Å². The molecule has 0 heterocycles. The fourth-order valence-corrected chi connectivity index (χ4v) is 8.73. The van der Waals surface area contributed by atoms with Crippen molar-refractivity contribution in [3.05, 3.63) is 23.3 Å². The summed E-state index contributed by atoms with van der Waals surface area (Å²) < 4.78 is 4.89. The summed E-state index contributed by atoms with van der Waals surface area (Å²) in [5, 5.41) is 0. The molecular weight excluding hydrogens is 424 g/mol. The van der Waals surface area contributed by atoms with E-state index >= 15 is 0 Å². The molecule has 0 amide bonds. The van der Waals surface area contributed by atoms with E-state index in [1.54, 1.807) is 0 Å². The van der Waals surface area contributed by atoms with Crippen LogP contribution in [-0.2, 0) is 19.1 Å². The minimum atomic E-state index is -0.270. The lowest BCUT2D eigenvalue weighted by molar-refractivity contribution is -0.143. The molecule has 4 aliphatic carbocycles. The first kappa shape index (κ1) is 25.4. The number of allylic oxidation sites excluding steroid dienone is 2. The molecule has 0 N–H and O–H groups in total. The summed E-state index contributed by atoms with van der Waals surface area (Å²) in [6.45, 7) is 15.1. The second-order valence-corrected chi connectivity index (χ2v) is 12.5. The molecule has 0 radical (unpaired) electrons. The number of ketones is 2. The number of fused-ring (bicyclic) bond motifs is 4. The van der Waals surface area contributed by atoms with Crippen LogP contribution < -0.4 is 0 Å². The van der Waals surface area contributed by atoms with Gasteiger partial charge in [-0.2, -0.15) is 0 Å². The number of carbonyl (C=O) groups excluding carboxylic acids is 3. The zero-order valence-electron chi connectivity index (χ0n) is 22.2. The van der Waals surface area contributed by atoms with Gasteiger partial charge in [0.05, 0.1) is 13.0 Å². The van der Waals surface area contributed by atoms with E-state index in [2.05, 4.69) is 34.3 Å². The first-order valence-corrected chi connectivity index (χ1v) is 13.5. The molecule has 4 rings (SSSR count). The van der Waals surface area contributed by atoms with Gasteiger partial charge in [0, 0.05) is 24.3 Å². The lowest BCUT2D eigenvalue weighted by atomic mass is 9.48. The Labute approximate surface area is 206 Å². The van der Waals surface area contributed by atoms with Crippen LogP contribution >= 0.6 is 0 Å². The topological polar surface area (TPSA) is 60.4 Å². The van der Waals surface area contributed by atoms with Gasteiger partial charge < -0.3 is 4.74 Å². The number of ether oxygens (including phenoxy) is 1. The second-order valence-electron chi connectivity index (χ2n) is 12.5.